The lowest BCUT2D eigenvalue weighted by atomic mass is 10.2. The van der Waals surface area contributed by atoms with E-state index in [1.54, 1.807) is 6.92 Å². The van der Waals surface area contributed by atoms with Gasteiger partial charge in [0.05, 0.1) is 5.69 Å². The number of benzene rings is 1. The minimum Gasteiger partial charge on any atom is -0.310 e. The normalized spacial score (nSPS) is 10.5. The summed E-state index contributed by atoms with van der Waals surface area (Å²) in [6.45, 7) is 4.08. The summed E-state index contributed by atoms with van der Waals surface area (Å²) in [4.78, 5) is 13.1. The van der Waals surface area contributed by atoms with Crippen molar-refractivity contribution in [3.63, 3.8) is 0 Å². The summed E-state index contributed by atoms with van der Waals surface area (Å²) in [5.74, 6) is -1.91. The van der Waals surface area contributed by atoms with Crippen LogP contribution in [-0.4, -0.2) is 12.5 Å². The molecule has 1 aromatic rings. The van der Waals surface area contributed by atoms with E-state index in [1.165, 1.54) is 11.0 Å². The number of anilines is 1. The standard InChI is InChI=1S/C13H16ClF2NO/c1-3-5-8-17(11(18)4-2)10-7-6-9(15)12(14)13(10)16/h6-7H,3-5,8H2,1-2H3. The van der Waals surface area contributed by atoms with Gasteiger partial charge in [-0.3, -0.25) is 4.79 Å². The van der Waals surface area contributed by atoms with E-state index in [4.69, 9.17) is 11.6 Å². The van der Waals surface area contributed by atoms with Gasteiger partial charge in [0.1, 0.15) is 10.8 Å². The van der Waals surface area contributed by atoms with Crippen molar-refractivity contribution < 1.29 is 13.6 Å². The van der Waals surface area contributed by atoms with Gasteiger partial charge in [0, 0.05) is 13.0 Å². The highest BCUT2D eigenvalue weighted by molar-refractivity contribution is 6.31. The number of rotatable bonds is 5. The van der Waals surface area contributed by atoms with E-state index in [0.29, 0.717) is 6.54 Å². The van der Waals surface area contributed by atoms with Crippen LogP contribution in [0.4, 0.5) is 14.5 Å². The molecule has 0 radical (unpaired) electrons. The molecule has 100 valence electrons. The molecule has 0 saturated carbocycles. The number of hydrogen-bond acceptors (Lipinski definition) is 1. The summed E-state index contributed by atoms with van der Waals surface area (Å²) in [5, 5.41) is -0.571. The van der Waals surface area contributed by atoms with E-state index in [9.17, 15) is 13.6 Å². The first-order chi connectivity index (χ1) is 8.52. The van der Waals surface area contributed by atoms with Gasteiger partial charge in [0.15, 0.2) is 5.82 Å². The van der Waals surface area contributed by atoms with Crippen molar-refractivity contribution in [1.29, 1.82) is 0 Å². The Morgan fingerprint density at radius 1 is 1.33 bits per heavy atom. The van der Waals surface area contributed by atoms with Crippen molar-refractivity contribution in [1.82, 2.24) is 0 Å². The highest BCUT2D eigenvalue weighted by Gasteiger charge is 2.20. The summed E-state index contributed by atoms with van der Waals surface area (Å²) in [7, 11) is 0. The smallest absolute Gasteiger partial charge is 0.226 e. The van der Waals surface area contributed by atoms with E-state index in [2.05, 4.69) is 0 Å². The first-order valence-electron chi connectivity index (χ1n) is 5.96. The summed E-state index contributed by atoms with van der Waals surface area (Å²) < 4.78 is 27.0. The molecule has 0 aliphatic rings. The fourth-order valence-corrected chi connectivity index (χ4v) is 1.77. The van der Waals surface area contributed by atoms with Crippen molar-refractivity contribution in [2.75, 3.05) is 11.4 Å². The molecule has 1 rings (SSSR count). The lowest BCUT2D eigenvalue weighted by Gasteiger charge is -2.23. The van der Waals surface area contributed by atoms with E-state index in [1.807, 2.05) is 6.92 Å². The van der Waals surface area contributed by atoms with Gasteiger partial charge in [-0.15, -0.1) is 0 Å². The molecule has 0 heterocycles. The Morgan fingerprint density at radius 2 is 2.00 bits per heavy atom. The minimum atomic E-state index is -0.880. The number of nitrogens with zero attached hydrogens (tertiary/aromatic N) is 1. The molecule has 0 N–H and O–H groups in total. The van der Waals surface area contributed by atoms with Crippen LogP contribution in [0.1, 0.15) is 33.1 Å². The Morgan fingerprint density at radius 3 is 2.56 bits per heavy atom. The van der Waals surface area contributed by atoms with E-state index in [-0.39, 0.29) is 18.0 Å². The van der Waals surface area contributed by atoms with Gasteiger partial charge in [0.25, 0.3) is 0 Å². The molecule has 0 aromatic heterocycles. The van der Waals surface area contributed by atoms with Gasteiger partial charge in [-0.2, -0.15) is 0 Å². The third-order valence-corrected chi connectivity index (χ3v) is 2.99. The highest BCUT2D eigenvalue weighted by Crippen LogP contribution is 2.28. The predicted octanol–water partition coefficient (Wildman–Crippen LogP) is 4.16. The van der Waals surface area contributed by atoms with Gasteiger partial charge in [0.2, 0.25) is 5.91 Å². The average Bonchev–Trinajstić information content (AvgIpc) is 2.38. The monoisotopic (exact) mass is 275 g/mol. The van der Waals surface area contributed by atoms with Crippen LogP contribution in [0.15, 0.2) is 12.1 Å². The highest BCUT2D eigenvalue weighted by atomic mass is 35.5. The second kappa shape index (κ2) is 6.69. The van der Waals surface area contributed by atoms with Crippen molar-refractivity contribution >= 4 is 23.2 Å². The molecule has 0 spiro atoms. The van der Waals surface area contributed by atoms with Crippen LogP contribution < -0.4 is 4.90 Å². The van der Waals surface area contributed by atoms with Crippen molar-refractivity contribution in [3.8, 4) is 0 Å². The Balaban J connectivity index is 3.12. The summed E-state index contributed by atoms with van der Waals surface area (Å²) in [6, 6.07) is 2.32. The first-order valence-corrected chi connectivity index (χ1v) is 6.34. The molecule has 0 atom stereocenters. The Labute approximate surface area is 111 Å². The first kappa shape index (κ1) is 14.9. The molecule has 0 fully saturated rings. The molecular weight excluding hydrogens is 260 g/mol. The Bertz CT molecular complexity index is 437. The maximum absolute atomic E-state index is 13.9. The number of hydrogen-bond donors (Lipinski definition) is 0. The topological polar surface area (TPSA) is 20.3 Å². The molecule has 5 heteroatoms. The van der Waals surface area contributed by atoms with Crippen LogP contribution in [0.25, 0.3) is 0 Å². The number of carbonyl (C=O) groups is 1. The van der Waals surface area contributed by atoms with E-state index >= 15 is 0 Å². The third kappa shape index (κ3) is 3.19. The minimum absolute atomic E-state index is 0.0432. The third-order valence-electron chi connectivity index (χ3n) is 2.64. The van der Waals surface area contributed by atoms with Gasteiger partial charge in [-0.25, -0.2) is 8.78 Å². The van der Waals surface area contributed by atoms with E-state index in [0.717, 1.165) is 18.9 Å². The fourth-order valence-electron chi connectivity index (χ4n) is 1.61. The van der Waals surface area contributed by atoms with Crippen LogP contribution in [0, 0.1) is 11.6 Å². The second-order valence-electron chi connectivity index (χ2n) is 3.95. The number of amides is 1. The zero-order chi connectivity index (χ0) is 13.7. The molecular formula is C13H16ClF2NO. The number of unbranched alkanes of at least 4 members (excludes halogenated alkanes) is 1. The van der Waals surface area contributed by atoms with Crippen molar-refractivity contribution in [2.45, 2.75) is 33.1 Å². The molecule has 18 heavy (non-hydrogen) atoms. The van der Waals surface area contributed by atoms with E-state index < -0.39 is 16.7 Å². The quantitative estimate of drug-likeness (QED) is 0.739. The molecule has 1 amide bonds. The lowest BCUT2D eigenvalue weighted by Crippen LogP contribution is -2.32. The van der Waals surface area contributed by atoms with Gasteiger partial charge in [-0.05, 0) is 18.6 Å². The molecule has 0 aliphatic heterocycles. The SMILES string of the molecule is CCCCN(C(=O)CC)c1ccc(F)c(Cl)c1F. The molecule has 2 nitrogen and oxygen atoms in total. The van der Waals surface area contributed by atoms with Crippen molar-refractivity contribution in [2.24, 2.45) is 0 Å². The summed E-state index contributed by atoms with van der Waals surface area (Å²) >= 11 is 5.52. The summed E-state index contributed by atoms with van der Waals surface area (Å²) in [5.41, 5.74) is 0.0432. The van der Waals surface area contributed by atoms with Gasteiger partial charge < -0.3 is 4.90 Å². The second-order valence-corrected chi connectivity index (χ2v) is 4.32. The van der Waals surface area contributed by atoms with Gasteiger partial charge >= 0.3 is 0 Å². The number of carbonyl (C=O) groups excluding carboxylic acids is 1. The fraction of sp³-hybridized carbons (Fsp3) is 0.462. The Kier molecular flexibility index (Phi) is 5.54. The van der Waals surface area contributed by atoms with Crippen LogP contribution in [0.3, 0.4) is 0 Å². The molecule has 0 unspecified atom stereocenters. The Hall–Kier alpha value is -1.16. The largest absolute Gasteiger partial charge is 0.310 e. The van der Waals surface area contributed by atoms with Crippen LogP contribution in [-0.2, 0) is 4.79 Å². The number of halogens is 3. The zero-order valence-corrected chi connectivity index (χ0v) is 11.2. The lowest BCUT2D eigenvalue weighted by molar-refractivity contribution is -0.118. The average molecular weight is 276 g/mol. The van der Waals surface area contributed by atoms with Crippen LogP contribution in [0.2, 0.25) is 5.02 Å². The van der Waals surface area contributed by atoms with Gasteiger partial charge in [-0.1, -0.05) is 31.9 Å². The molecule has 1 aromatic carbocycles. The summed E-state index contributed by atoms with van der Waals surface area (Å²) in [6.07, 6.45) is 1.89. The molecule has 0 saturated heterocycles. The van der Waals surface area contributed by atoms with Crippen LogP contribution in [0.5, 0.6) is 0 Å². The predicted molar refractivity (Wildman–Crippen MR) is 68.9 cm³/mol. The zero-order valence-electron chi connectivity index (χ0n) is 10.5. The maximum Gasteiger partial charge on any atom is 0.226 e. The molecule has 0 bridgehead atoms. The van der Waals surface area contributed by atoms with Crippen LogP contribution >= 0.6 is 11.6 Å². The molecule has 0 aliphatic carbocycles. The maximum atomic E-state index is 13.9. The van der Waals surface area contributed by atoms with Crippen molar-refractivity contribution in [3.05, 3.63) is 28.8 Å².